The number of aliphatic carboxylic acids is 1. The Morgan fingerprint density at radius 1 is 1.05 bits per heavy atom. The highest BCUT2D eigenvalue weighted by Crippen LogP contribution is 2.23. The number of carboxylic acids is 1. The van der Waals surface area contributed by atoms with E-state index in [0.717, 1.165) is 22.4 Å². The SMILES string of the molecule is Cc1ccc(N(CC(=O)O)Cc2cc(C)ccc2O)cc1. The molecule has 0 aliphatic heterocycles. The van der Waals surface area contributed by atoms with Crippen molar-refractivity contribution in [1.29, 1.82) is 0 Å². The van der Waals surface area contributed by atoms with Gasteiger partial charge in [-0.3, -0.25) is 4.79 Å². The first-order chi connectivity index (χ1) is 9.95. The fourth-order valence-corrected chi connectivity index (χ4v) is 2.20. The van der Waals surface area contributed by atoms with Gasteiger partial charge in [-0.05, 0) is 32.0 Å². The van der Waals surface area contributed by atoms with Crippen molar-refractivity contribution in [3.63, 3.8) is 0 Å². The van der Waals surface area contributed by atoms with Gasteiger partial charge in [0, 0.05) is 17.8 Å². The summed E-state index contributed by atoms with van der Waals surface area (Å²) in [5.41, 5.74) is 3.69. The second-order valence-electron chi connectivity index (χ2n) is 5.22. The lowest BCUT2D eigenvalue weighted by Gasteiger charge is -2.23. The molecular formula is C17H19NO3. The van der Waals surface area contributed by atoms with Gasteiger partial charge in [0.2, 0.25) is 0 Å². The molecule has 0 heterocycles. The lowest BCUT2D eigenvalue weighted by atomic mass is 10.1. The first-order valence-electron chi connectivity index (χ1n) is 6.77. The molecule has 2 rings (SSSR count). The van der Waals surface area contributed by atoms with Gasteiger partial charge in [-0.1, -0.05) is 35.4 Å². The molecule has 0 atom stereocenters. The highest BCUT2D eigenvalue weighted by molar-refractivity contribution is 5.73. The van der Waals surface area contributed by atoms with E-state index in [1.807, 2.05) is 50.2 Å². The van der Waals surface area contributed by atoms with Crippen LogP contribution >= 0.6 is 0 Å². The first-order valence-corrected chi connectivity index (χ1v) is 6.77. The van der Waals surface area contributed by atoms with Crippen molar-refractivity contribution in [3.05, 3.63) is 59.2 Å². The van der Waals surface area contributed by atoms with Gasteiger partial charge >= 0.3 is 5.97 Å². The summed E-state index contributed by atoms with van der Waals surface area (Å²) in [4.78, 5) is 12.8. The number of hydrogen-bond donors (Lipinski definition) is 2. The molecule has 0 bridgehead atoms. The number of aryl methyl sites for hydroxylation is 2. The zero-order valence-corrected chi connectivity index (χ0v) is 12.2. The van der Waals surface area contributed by atoms with Crippen molar-refractivity contribution in [2.75, 3.05) is 11.4 Å². The van der Waals surface area contributed by atoms with Crippen LogP contribution in [0.4, 0.5) is 5.69 Å². The Hall–Kier alpha value is -2.49. The van der Waals surface area contributed by atoms with Gasteiger partial charge in [-0.15, -0.1) is 0 Å². The van der Waals surface area contributed by atoms with E-state index in [1.54, 1.807) is 11.0 Å². The molecule has 0 amide bonds. The fraction of sp³-hybridized carbons (Fsp3) is 0.235. The van der Waals surface area contributed by atoms with Crippen molar-refractivity contribution < 1.29 is 15.0 Å². The molecule has 0 fully saturated rings. The predicted octanol–water partition coefficient (Wildman–Crippen LogP) is 3.10. The van der Waals surface area contributed by atoms with E-state index in [2.05, 4.69) is 0 Å². The molecule has 4 heteroatoms. The largest absolute Gasteiger partial charge is 0.508 e. The molecule has 0 saturated carbocycles. The Labute approximate surface area is 124 Å². The molecule has 2 N–H and O–H groups in total. The van der Waals surface area contributed by atoms with Crippen molar-refractivity contribution >= 4 is 11.7 Å². The summed E-state index contributed by atoms with van der Waals surface area (Å²) in [6.07, 6.45) is 0. The van der Waals surface area contributed by atoms with Crippen molar-refractivity contribution in [3.8, 4) is 5.75 Å². The summed E-state index contributed by atoms with van der Waals surface area (Å²) < 4.78 is 0. The Kier molecular flexibility index (Phi) is 4.48. The van der Waals surface area contributed by atoms with Gasteiger partial charge in [0.05, 0.1) is 0 Å². The van der Waals surface area contributed by atoms with Crippen LogP contribution in [0, 0.1) is 13.8 Å². The maximum absolute atomic E-state index is 11.1. The number of anilines is 1. The summed E-state index contributed by atoms with van der Waals surface area (Å²) >= 11 is 0. The summed E-state index contributed by atoms with van der Waals surface area (Å²) in [5, 5.41) is 19.0. The van der Waals surface area contributed by atoms with Crippen LogP contribution in [0.2, 0.25) is 0 Å². The molecule has 0 spiro atoms. The number of phenols is 1. The number of benzene rings is 2. The summed E-state index contributed by atoms with van der Waals surface area (Å²) in [6.45, 7) is 4.16. The minimum Gasteiger partial charge on any atom is -0.508 e. The Morgan fingerprint density at radius 3 is 2.29 bits per heavy atom. The average molecular weight is 285 g/mol. The van der Waals surface area contributed by atoms with E-state index in [0.29, 0.717) is 6.54 Å². The minimum absolute atomic E-state index is 0.115. The van der Waals surface area contributed by atoms with Gasteiger partial charge in [0.1, 0.15) is 12.3 Å². The van der Waals surface area contributed by atoms with Crippen LogP contribution in [0.25, 0.3) is 0 Å². The molecule has 0 saturated heterocycles. The van der Waals surface area contributed by atoms with Gasteiger partial charge in [0.25, 0.3) is 0 Å². The fourth-order valence-electron chi connectivity index (χ4n) is 2.20. The molecular weight excluding hydrogens is 266 g/mol. The third kappa shape index (κ3) is 3.99. The maximum atomic E-state index is 11.1. The zero-order chi connectivity index (χ0) is 15.4. The Morgan fingerprint density at radius 2 is 1.67 bits per heavy atom. The zero-order valence-electron chi connectivity index (χ0n) is 12.2. The first kappa shape index (κ1) is 14.9. The van der Waals surface area contributed by atoms with Gasteiger partial charge < -0.3 is 15.1 Å². The van der Waals surface area contributed by atoms with E-state index in [1.165, 1.54) is 0 Å². The molecule has 4 nitrogen and oxygen atoms in total. The lowest BCUT2D eigenvalue weighted by Crippen LogP contribution is -2.29. The van der Waals surface area contributed by atoms with Crippen LogP contribution in [0.3, 0.4) is 0 Å². The van der Waals surface area contributed by atoms with Crippen LogP contribution in [-0.2, 0) is 11.3 Å². The number of carbonyl (C=O) groups is 1. The summed E-state index contributed by atoms with van der Waals surface area (Å²) in [5.74, 6) is -0.717. The standard InChI is InChI=1S/C17H19NO3/c1-12-3-6-15(7-4-12)18(11-17(20)21)10-14-9-13(2)5-8-16(14)19/h3-9,19H,10-11H2,1-2H3,(H,20,21). The molecule has 0 aliphatic carbocycles. The maximum Gasteiger partial charge on any atom is 0.323 e. The van der Waals surface area contributed by atoms with Crippen molar-refractivity contribution in [2.45, 2.75) is 20.4 Å². The number of nitrogens with zero attached hydrogens (tertiary/aromatic N) is 1. The molecule has 2 aromatic carbocycles. The predicted molar refractivity (Wildman–Crippen MR) is 82.7 cm³/mol. The molecule has 0 aliphatic rings. The van der Waals surface area contributed by atoms with E-state index in [-0.39, 0.29) is 12.3 Å². The minimum atomic E-state index is -0.900. The highest BCUT2D eigenvalue weighted by atomic mass is 16.4. The van der Waals surface area contributed by atoms with Crippen molar-refractivity contribution in [2.24, 2.45) is 0 Å². The highest BCUT2D eigenvalue weighted by Gasteiger charge is 2.13. The number of hydrogen-bond acceptors (Lipinski definition) is 3. The Bertz CT molecular complexity index is 635. The van der Waals surface area contributed by atoms with Gasteiger partial charge in [-0.2, -0.15) is 0 Å². The van der Waals surface area contributed by atoms with Crippen molar-refractivity contribution in [1.82, 2.24) is 0 Å². The molecule has 0 aromatic heterocycles. The van der Waals surface area contributed by atoms with Gasteiger partial charge in [-0.25, -0.2) is 0 Å². The topological polar surface area (TPSA) is 60.8 Å². The Balaban J connectivity index is 2.30. The van der Waals surface area contributed by atoms with Crippen LogP contribution in [0.1, 0.15) is 16.7 Å². The molecule has 21 heavy (non-hydrogen) atoms. The summed E-state index contributed by atoms with van der Waals surface area (Å²) in [7, 11) is 0. The monoisotopic (exact) mass is 285 g/mol. The second-order valence-corrected chi connectivity index (χ2v) is 5.22. The average Bonchev–Trinajstić information content (AvgIpc) is 2.42. The van der Waals surface area contributed by atoms with Crippen LogP contribution in [-0.4, -0.2) is 22.7 Å². The molecule has 110 valence electrons. The molecule has 2 aromatic rings. The number of phenolic OH excluding ortho intramolecular Hbond substituents is 1. The van der Waals surface area contributed by atoms with Crippen LogP contribution in [0.5, 0.6) is 5.75 Å². The number of rotatable bonds is 5. The van der Waals surface area contributed by atoms with Crippen LogP contribution in [0.15, 0.2) is 42.5 Å². The van der Waals surface area contributed by atoms with E-state index >= 15 is 0 Å². The third-order valence-electron chi connectivity index (χ3n) is 3.32. The van der Waals surface area contributed by atoms with E-state index < -0.39 is 5.97 Å². The molecule has 0 unspecified atom stereocenters. The normalized spacial score (nSPS) is 10.4. The molecule has 0 radical (unpaired) electrons. The lowest BCUT2D eigenvalue weighted by molar-refractivity contribution is -0.135. The van der Waals surface area contributed by atoms with E-state index in [4.69, 9.17) is 5.11 Å². The number of carboxylic acid groups (broad SMARTS) is 1. The van der Waals surface area contributed by atoms with Crippen LogP contribution < -0.4 is 4.90 Å². The van der Waals surface area contributed by atoms with E-state index in [9.17, 15) is 9.90 Å². The third-order valence-corrected chi connectivity index (χ3v) is 3.32. The second kappa shape index (κ2) is 6.31. The summed E-state index contributed by atoms with van der Waals surface area (Å²) in [6, 6.07) is 13.0. The van der Waals surface area contributed by atoms with Gasteiger partial charge in [0.15, 0.2) is 0 Å². The number of aromatic hydroxyl groups is 1. The quantitative estimate of drug-likeness (QED) is 0.886. The smallest absolute Gasteiger partial charge is 0.323 e.